The number of ether oxygens (including phenoxy) is 4. The van der Waals surface area contributed by atoms with E-state index in [1.807, 2.05) is 61.5 Å². The molecule has 0 saturated heterocycles. The third-order valence-corrected chi connectivity index (χ3v) is 7.05. The van der Waals surface area contributed by atoms with Crippen molar-refractivity contribution in [2.75, 3.05) is 13.2 Å². The summed E-state index contributed by atoms with van der Waals surface area (Å²) in [7, 11) is 0. The summed E-state index contributed by atoms with van der Waals surface area (Å²) in [5.74, 6) is 3.04. The van der Waals surface area contributed by atoms with Crippen molar-refractivity contribution in [1.82, 2.24) is 10.2 Å². The number of fused-ring (bicyclic) bond motifs is 1. The number of hydrogen-bond acceptors (Lipinski definition) is 5. The molecule has 0 atom stereocenters. The van der Waals surface area contributed by atoms with Crippen molar-refractivity contribution < 1.29 is 18.9 Å². The highest BCUT2D eigenvalue weighted by Crippen LogP contribution is 2.43. The second-order valence-electron chi connectivity index (χ2n) is 9.79. The van der Waals surface area contributed by atoms with E-state index < -0.39 is 0 Å². The molecule has 0 fully saturated rings. The Balaban J connectivity index is 1.42. The Morgan fingerprint density at radius 2 is 1.40 bits per heavy atom. The normalized spacial score (nSPS) is 12.2. The lowest BCUT2D eigenvalue weighted by molar-refractivity contribution is 0.171. The predicted octanol–water partition coefficient (Wildman–Crippen LogP) is 7.54. The first-order chi connectivity index (χ1) is 19.7. The highest BCUT2D eigenvalue weighted by atomic mass is 16.6. The number of aryl methyl sites for hydroxylation is 2. The zero-order valence-electron chi connectivity index (χ0n) is 22.8. The van der Waals surface area contributed by atoms with Gasteiger partial charge in [0.15, 0.2) is 11.5 Å². The number of hydrogen-bond donors (Lipinski definition) is 1. The quantitative estimate of drug-likeness (QED) is 0.212. The van der Waals surface area contributed by atoms with Crippen LogP contribution in [-0.4, -0.2) is 23.4 Å². The predicted molar refractivity (Wildman–Crippen MR) is 156 cm³/mol. The standard InChI is InChI=1S/C34H32N2O4/c1-3-26-18-28(34-33(23(2)35-36-34)27-14-15-29-32(19-27)38-17-16-37-29)31(40-22-25-12-8-5-9-13-25)20-30(26)39-21-24-10-6-4-7-11-24/h4-15,18-20H,3,16-17,21-22H2,1-2H3,(H,35,36). The summed E-state index contributed by atoms with van der Waals surface area (Å²) in [5.41, 5.74) is 7.99. The molecule has 6 nitrogen and oxygen atoms in total. The molecular weight excluding hydrogens is 500 g/mol. The lowest BCUT2D eigenvalue weighted by Gasteiger charge is -2.20. The van der Waals surface area contributed by atoms with Crippen molar-refractivity contribution in [2.45, 2.75) is 33.5 Å². The first kappa shape index (κ1) is 25.6. The molecule has 0 spiro atoms. The van der Waals surface area contributed by atoms with Crippen LogP contribution in [-0.2, 0) is 19.6 Å². The maximum atomic E-state index is 6.48. The van der Waals surface area contributed by atoms with E-state index in [1.165, 1.54) is 0 Å². The second kappa shape index (κ2) is 11.6. The molecule has 6 rings (SSSR count). The van der Waals surface area contributed by atoms with Gasteiger partial charge in [-0.1, -0.05) is 73.7 Å². The summed E-state index contributed by atoms with van der Waals surface area (Å²) >= 11 is 0. The third kappa shape index (κ3) is 5.38. The van der Waals surface area contributed by atoms with Crippen LogP contribution in [0.15, 0.2) is 91.0 Å². The molecule has 40 heavy (non-hydrogen) atoms. The molecule has 1 aliphatic rings. The largest absolute Gasteiger partial charge is 0.488 e. The van der Waals surface area contributed by atoms with Crippen molar-refractivity contribution in [2.24, 2.45) is 0 Å². The van der Waals surface area contributed by atoms with Crippen LogP contribution in [0.25, 0.3) is 22.4 Å². The fourth-order valence-corrected chi connectivity index (χ4v) is 4.97. The minimum absolute atomic E-state index is 0.431. The van der Waals surface area contributed by atoms with Gasteiger partial charge in [-0.15, -0.1) is 0 Å². The van der Waals surface area contributed by atoms with Crippen molar-refractivity contribution >= 4 is 0 Å². The Bertz CT molecular complexity index is 1600. The van der Waals surface area contributed by atoms with E-state index in [9.17, 15) is 0 Å². The lowest BCUT2D eigenvalue weighted by Crippen LogP contribution is -2.15. The number of H-pyrrole nitrogens is 1. The molecular formula is C34H32N2O4. The van der Waals surface area contributed by atoms with Crippen LogP contribution in [0.1, 0.15) is 29.3 Å². The van der Waals surface area contributed by atoms with Gasteiger partial charge < -0.3 is 18.9 Å². The summed E-state index contributed by atoms with van der Waals surface area (Å²) in [5, 5.41) is 7.98. The van der Waals surface area contributed by atoms with Crippen LogP contribution in [0.5, 0.6) is 23.0 Å². The van der Waals surface area contributed by atoms with Crippen molar-refractivity contribution in [3.05, 3.63) is 113 Å². The molecule has 1 aromatic heterocycles. The molecule has 5 aromatic rings. The molecule has 0 bridgehead atoms. The first-order valence-electron chi connectivity index (χ1n) is 13.7. The van der Waals surface area contributed by atoms with Crippen LogP contribution in [0.4, 0.5) is 0 Å². The Hall–Kier alpha value is -4.71. The Morgan fingerprint density at radius 3 is 2.08 bits per heavy atom. The van der Waals surface area contributed by atoms with Gasteiger partial charge >= 0.3 is 0 Å². The molecule has 0 aliphatic carbocycles. The average molecular weight is 533 g/mol. The Labute approximate surface area is 234 Å². The summed E-state index contributed by atoms with van der Waals surface area (Å²) in [6.07, 6.45) is 0.804. The van der Waals surface area contributed by atoms with E-state index in [1.54, 1.807) is 0 Å². The van der Waals surface area contributed by atoms with Crippen molar-refractivity contribution in [3.8, 4) is 45.4 Å². The molecule has 6 heteroatoms. The van der Waals surface area contributed by atoms with Gasteiger partial charge in [-0.05, 0) is 53.8 Å². The third-order valence-electron chi connectivity index (χ3n) is 7.05. The zero-order chi connectivity index (χ0) is 27.3. The minimum atomic E-state index is 0.431. The van der Waals surface area contributed by atoms with Crippen LogP contribution in [0.3, 0.4) is 0 Å². The zero-order valence-corrected chi connectivity index (χ0v) is 22.8. The number of aromatic nitrogens is 2. The molecule has 2 heterocycles. The first-order valence-corrected chi connectivity index (χ1v) is 13.7. The monoisotopic (exact) mass is 532 g/mol. The van der Waals surface area contributed by atoms with Gasteiger partial charge in [0, 0.05) is 22.9 Å². The van der Waals surface area contributed by atoms with Crippen molar-refractivity contribution in [1.29, 1.82) is 0 Å². The summed E-state index contributed by atoms with van der Waals surface area (Å²) < 4.78 is 24.5. The number of nitrogens with zero attached hydrogens (tertiary/aromatic N) is 1. The van der Waals surface area contributed by atoms with Gasteiger partial charge in [-0.3, -0.25) is 5.10 Å². The molecule has 0 saturated carbocycles. The van der Waals surface area contributed by atoms with Crippen LogP contribution in [0.2, 0.25) is 0 Å². The van der Waals surface area contributed by atoms with Crippen LogP contribution < -0.4 is 18.9 Å². The molecule has 0 unspecified atom stereocenters. The fourth-order valence-electron chi connectivity index (χ4n) is 4.97. The van der Waals surface area contributed by atoms with E-state index >= 15 is 0 Å². The Morgan fingerprint density at radius 1 is 0.750 bits per heavy atom. The summed E-state index contributed by atoms with van der Waals surface area (Å²) in [6.45, 7) is 6.18. The number of nitrogens with one attached hydrogen (secondary N) is 1. The van der Waals surface area contributed by atoms with Gasteiger partial charge in [0.2, 0.25) is 0 Å². The lowest BCUT2D eigenvalue weighted by atomic mass is 9.96. The Kier molecular flexibility index (Phi) is 7.40. The maximum absolute atomic E-state index is 6.48. The molecule has 4 aromatic carbocycles. The summed E-state index contributed by atoms with van der Waals surface area (Å²) in [4.78, 5) is 0. The molecule has 1 aliphatic heterocycles. The van der Waals surface area contributed by atoms with E-state index in [-0.39, 0.29) is 0 Å². The number of benzene rings is 4. The molecule has 202 valence electrons. The minimum Gasteiger partial charge on any atom is -0.488 e. The van der Waals surface area contributed by atoms with Gasteiger partial charge in [0.1, 0.15) is 43.6 Å². The van der Waals surface area contributed by atoms with E-state index in [0.29, 0.717) is 26.4 Å². The summed E-state index contributed by atoms with van der Waals surface area (Å²) in [6, 6.07) is 30.6. The van der Waals surface area contributed by atoms with Crippen LogP contribution in [0, 0.1) is 6.92 Å². The molecule has 0 radical (unpaired) electrons. The molecule has 0 amide bonds. The van der Waals surface area contributed by atoms with E-state index in [2.05, 4.69) is 48.4 Å². The van der Waals surface area contributed by atoms with Gasteiger partial charge in [-0.2, -0.15) is 5.10 Å². The van der Waals surface area contributed by atoms with Gasteiger partial charge in [0.25, 0.3) is 0 Å². The van der Waals surface area contributed by atoms with Crippen molar-refractivity contribution in [3.63, 3.8) is 0 Å². The average Bonchev–Trinajstić information content (AvgIpc) is 3.40. The van der Waals surface area contributed by atoms with E-state index in [0.717, 1.165) is 74.2 Å². The number of rotatable bonds is 9. The smallest absolute Gasteiger partial charge is 0.161 e. The number of aromatic amines is 1. The van der Waals surface area contributed by atoms with E-state index in [4.69, 9.17) is 24.0 Å². The topological polar surface area (TPSA) is 65.6 Å². The molecule has 1 N–H and O–H groups in total. The highest BCUT2D eigenvalue weighted by Gasteiger charge is 2.22. The fraction of sp³-hybridized carbons (Fsp3) is 0.206. The second-order valence-corrected chi connectivity index (χ2v) is 9.79. The van der Waals surface area contributed by atoms with Gasteiger partial charge in [0.05, 0.1) is 0 Å². The van der Waals surface area contributed by atoms with Crippen LogP contribution >= 0.6 is 0 Å². The highest BCUT2D eigenvalue weighted by molar-refractivity contribution is 5.86. The SMILES string of the molecule is CCc1cc(-c2n[nH]c(C)c2-c2ccc3c(c2)OCCO3)c(OCc2ccccc2)cc1OCc1ccccc1. The maximum Gasteiger partial charge on any atom is 0.161 e. The van der Waals surface area contributed by atoms with Gasteiger partial charge in [-0.25, -0.2) is 0 Å².